The summed E-state index contributed by atoms with van der Waals surface area (Å²) < 4.78 is 27.2. The van der Waals surface area contributed by atoms with Crippen LogP contribution in [0.3, 0.4) is 0 Å². The maximum absolute atomic E-state index is 13.3. The average Bonchev–Trinajstić information content (AvgIpc) is 2.79. The summed E-state index contributed by atoms with van der Waals surface area (Å²) in [6, 6.07) is 12.5. The van der Waals surface area contributed by atoms with E-state index in [1.165, 1.54) is 10.6 Å². The minimum atomic E-state index is -3.52. The summed E-state index contributed by atoms with van der Waals surface area (Å²) in [6.07, 6.45) is 2.43. The van der Waals surface area contributed by atoms with Gasteiger partial charge in [-0.1, -0.05) is 41.1 Å². The summed E-state index contributed by atoms with van der Waals surface area (Å²) in [5.41, 5.74) is 3.56. The first-order chi connectivity index (χ1) is 16.4. The van der Waals surface area contributed by atoms with Gasteiger partial charge in [0.1, 0.15) is 6.04 Å². The molecule has 2 aromatic carbocycles. The molecule has 9 heteroatoms. The summed E-state index contributed by atoms with van der Waals surface area (Å²) in [5.74, 6) is -0.402. The van der Waals surface area contributed by atoms with E-state index in [1.54, 1.807) is 17.9 Å². The smallest absolute Gasteiger partial charge is 0.242 e. The average molecular weight is 567 g/mol. The summed E-state index contributed by atoms with van der Waals surface area (Å²) in [5, 5.41) is 2.86. The minimum Gasteiger partial charge on any atom is -0.354 e. The Morgan fingerprint density at radius 3 is 2.40 bits per heavy atom. The fourth-order valence-electron chi connectivity index (χ4n) is 3.70. The van der Waals surface area contributed by atoms with Crippen molar-refractivity contribution in [3.8, 4) is 0 Å². The van der Waals surface area contributed by atoms with E-state index in [-0.39, 0.29) is 31.3 Å². The van der Waals surface area contributed by atoms with Crippen molar-refractivity contribution in [3.63, 3.8) is 0 Å². The van der Waals surface area contributed by atoms with Crippen molar-refractivity contribution in [3.05, 3.63) is 63.6 Å². The number of hydrogen-bond donors (Lipinski definition) is 1. The Morgan fingerprint density at radius 2 is 1.80 bits per heavy atom. The van der Waals surface area contributed by atoms with E-state index in [1.807, 2.05) is 57.2 Å². The lowest BCUT2D eigenvalue weighted by molar-refractivity contribution is -0.140. The first kappa shape index (κ1) is 28.8. The van der Waals surface area contributed by atoms with Crippen molar-refractivity contribution in [2.24, 2.45) is 0 Å². The Labute approximate surface area is 218 Å². The van der Waals surface area contributed by atoms with Gasteiger partial charge < -0.3 is 10.2 Å². The number of benzene rings is 2. The van der Waals surface area contributed by atoms with E-state index in [2.05, 4.69) is 21.2 Å². The van der Waals surface area contributed by atoms with Crippen LogP contribution in [0.5, 0.6) is 0 Å². The molecule has 2 amide bonds. The van der Waals surface area contributed by atoms with Crippen molar-refractivity contribution in [2.45, 2.75) is 59.5 Å². The van der Waals surface area contributed by atoms with Crippen LogP contribution in [-0.2, 0) is 26.2 Å². The summed E-state index contributed by atoms with van der Waals surface area (Å²) in [6.45, 7) is 8.60. The van der Waals surface area contributed by atoms with Crippen LogP contribution in [0.15, 0.2) is 46.9 Å². The van der Waals surface area contributed by atoms with Gasteiger partial charge in [0.2, 0.25) is 21.8 Å². The zero-order valence-electron chi connectivity index (χ0n) is 21.2. The van der Waals surface area contributed by atoms with Gasteiger partial charge in [-0.3, -0.25) is 13.9 Å². The molecule has 2 aromatic rings. The zero-order chi connectivity index (χ0) is 26.2. The third kappa shape index (κ3) is 8.65. The van der Waals surface area contributed by atoms with Gasteiger partial charge in [0.05, 0.1) is 11.9 Å². The second-order valence-corrected chi connectivity index (χ2v) is 11.6. The molecule has 192 valence electrons. The molecule has 0 aliphatic carbocycles. The Kier molecular flexibility index (Phi) is 10.8. The lowest BCUT2D eigenvalue weighted by Crippen LogP contribution is -2.47. The summed E-state index contributed by atoms with van der Waals surface area (Å²) >= 11 is 3.45. The highest BCUT2D eigenvalue weighted by Gasteiger charge is 2.26. The minimum absolute atomic E-state index is 0.121. The first-order valence-corrected chi connectivity index (χ1v) is 14.4. The SMILES string of the molecule is CCCNC(=O)[C@@H](C)N(Cc1cccc(Br)c1)C(=O)CCCN(c1ccc(C)c(C)c1)S(C)(=O)=O. The number of aryl methyl sites for hydroxylation is 2. The van der Waals surface area contributed by atoms with Gasteiger partial charge in [0.25, 0.3) is 0 Å². The highest BCUT2D eigenvalue weighted by atomic mass is 79.9. The third-order valence-corrected chi connectivity index (χ3v) is 7.58. The molecule has 0 fully saturated rings. The second-order valence-electron chi connectivity index (χ2n) is 8.83. The number of rotatable bonds is 12. The van der Waals surface area contributed by atoms with E-state index in [9.17, 15) is 18.0 Å². The second kappa shape index (κ2) is 13.1. The summed E-state index contributed by atoms with van der Waals surface area (Å²) in [4.78, 5) is 27.5. The Balaban J connectivity index is 2.17. The van der Waals surface area contributed by atoms with Crippen LogP contribution in [0.1, 0.15) is 49.8 Å². The molecule has 0 aliphatic rings. The van der Waals surface area contributed by atoms with Gasteiger partial charge >= 0.3 is 0 Å². The van der Waals surface area contributed by atoms with Gasteiger partial charge in [0, 0.05) is 30.5 Å². The quantitative estimate of drug-likeness (QED) is 0.408. The number of hydrogen-bond acceptors (Lipinski definition) is 4. The molecular weight excluding hydrogens is 530 g/mol. The van der Waals surface area contributed by atoms with Crippen LogP contribution in [0.25, 0.3) is 0 Å². The van der Waals surface area contributed by atoms with Gasteiger partial charge in [-0.25, -0.2) is 8.42 Å². The Morgan fingerprint density at radius 1 is 1.09 bits per heavy atom. The molecule has 0 unspecified atom stereocenters. The standard InChI is InChI=1S/C26H36BrN3O4S/c1-6-14-28-26(32)21(4)29(18-22-9-7-10-23(27)17-22)25(31)11-8-15-30(35(5,33)34)24-13-12-19(2)20(3)16-24/h7,9-10,12-13,16-17,21H,6,8,11,14-15,18H2,1-5H3,(H,28,32)/t21-/m1/s1. The third-order valence-electron chi connectivity index (χ3n) is 5.89. The molecule has 1 atom stereocenters. The lowest BCUT2D eigenvalue weighted by atomic mass is 10.1. The van der Waals surface area contributed by atoms with Crippen LogP contribution in [0.4, 0.5) is 5.69 Å². The van der Waals surface area contributed by atoms with Crippen molar-refractivity contribution in [2.75, 3.05) is 23.7 Å². The number of anilines is 1. The number of carbonyl (C=O) groups is 2. The van der Waals surface area contributed by atoms with Crippen LogP contribution in [0, 0.1) is 13.8 Å². The number of sulfonamides is 1. The van der Waals surface area contributed by atoms with Crippen molar-refractivity contribution in [1.29, 1.82) is 0 Å². The lowest BCUT2D eigenvalue weighted by Gasteiger charge is -2.29. The summed E-state index contributed by atoms with van der Waals surface area (Å²) in [7, 11) is -3.52. The van der Waals surface area contributed by atoms with Crippen molar-refractivity contribution < 1.29 is 18.0 Å². The van der Waals surface area contributed by atoms with Gasteiger partial charge in [-0.2, -0.15) is 0 Å². The maximum Gasteiger partial charge on any atom is 0.242 e. The number of carbonyl (C=O) groups excluding carboxylic acids is 2. The highest BCUT2D eigenvalue weighted by molar-refractivity contribution is 9.10. The zero-order valence-corrected chi connectivity index (χ0v) is 23.6. The normalized spacial score (nSPS) is 12.2. The molecule has 0 saturated heterocycles. The molecule has 2 rings (SSSR count). The van der Waals surface area contributed by atoms with Crippen LogP contribution in [-0.4, -0.2) is 50.5 Å². The van der Waals surface area contributed by atoms with E-state index in [0.29, 0.717) is 18.7 Å². The van der Waals surface area contributed by atoms with E-state index < -0.39 is 16.1 Å². The molecule has 7 nitrogen and oxygen atoms in total. The van der Waals surface area contributed by atoms with Gasteiger partial charge in [0.15, 0.2) is 0 Å². The molecule has 0 spiro atoms. The molecule has 0 saturated carbocycles. The molecular formula is C26H36BrN3O4S. The van der Waals surface area contributed by atoms with Crippen molar-refractivity contribution in [1.82, 2.24) is 10.2 Å². The number of halogens is 1. The van der Waals surface area contributed by atoms with Crippen LogP contribution >= 0.6 is 15.9 Å². The fraction of sp³-hybridized carbons (Fsp3) is 0.462. The van der Waals surface area contributed by atoms with Crippen molar-refractivity contribution >= 4 is 43.5 Å². The number of nitrogens with zero attached hydrogens (tertiary/aromatic N) is 2. The molecule has 0 aliphatic heterocycles. The van der Waals surface area contributed by atoms with Gasteiger partial charge in [-0.15, -0.1) is 0 Å². The first-order valence-electron chi connectivity index (χ1n) is 11.8. The van der Waals surface area contributed by atoms with E-state index in [4.69, 9.17) is 0 Å². The fourth-order valence-corrected chi connectivity index (χ4v) is 5.10. The Hall–Kier alpha value is -2.39. The predicted octanol–water partition coefficient (Wildman–Crippen LogP) is 4.56. The predicted molar refractivity (Wildman–Crippen MR) is 145 cm³/mol. The molecule has 0 bridgehead atoms. The van der Waals surface area contributed by atoms with Crippen LogP contribution in [0.2, 0.25) is 0 Å². The number of amides is 2. The molecule has 1 N–H and O–H groups in total. The molecule has 0 heterocycles. The van der Waals surface area contributed by atoms with Gasteiger partial charge in [-0.05, 0) is 74.6 Å². The largest absolute Gasteiger partial charge is 0.354 e. The van der Waals surface area contributed by atoms with E-state index >= 15 is 0 Å². The Bertz CT molecular complexity index is 1140. The highest BCUT2D eigenvalue weighted by Crippen LogP contribution is 2.22. The molecule has 0 radical (unpaired) electrons. The topological polar surface area (TPSA) is 86.8 Å². The maximum atomic E-state index is 13.3. The van der Waals surface area contributed by atoms with Crippen LogP contribution < -0.4 is 9.62 Å². The molecule has 35 heavy (non-hydrogen) atoms. The molecule has 0 aromatic heterocycles. The monoisotopic (exact) mass is 565 g/mol. The van der Waals surface area contributed by atoms with E-state index in [0.717, 1.165) is 27.6 Å². The number of nitrogens with one attached hydrogen (secondary N) is 1.